The van der Waals surface area contributed by atoms with E-state index in [1.165, 1.54) is 0 Å². The van der Waals surface area contributed by atoms with Crippen molar-refractivity contribution in [1.29, 1.82) is 0 Å². The number of hydrogen-bond donors (Lipinski definition) is 2. The molecule has 0 saturated carbocycles. The van der Waals surface area contributed by atoms with E-state index in [1.54, 1.807) is 61.4 Å². The lowest BCUT2D eigenvalue weighted by Crippen LogP contribution is -2.43. The fourth-order valence-electron chi connectivity index (χ4n) is 3.80. The third-order valence-electron chi connectivity index (χ3n) is 5.31. The molecule has 2 heterocycles. The maximum atomic E-state index is 13.0. The molecule has 2 N–H and O–H groups in total. The number of halogens is 2. The first kappa shape index (κ1) is 26.8. The number of fused-ring (bicyclic) bond motifs is 1. The average molecular weight is 525 g/mol. The molecule has 0 aliphatic rings. The summed E-state index contributed by atoms with van der Waals surface area (Å²) in [5.41, 5.74) is 2.11. The summed E-state index contributed by atoms with van der Waals surface area (Å²) in [6, 6.07) is 10.6. The zero-order valence-electron chi connectivity index (χ0n) is 21.9. The van der Waals surface area contributed by atoms with Crippen LogP contribution in [0.3, 0.4) is 0 Å². The second-order valence-corrected chi connectivity index (χ2v) is 9.85. The first-order chi connectivity index (χ1) is 18.0. The molecule has 0 fully saturated rings. The molecule has 4 rings (SSSR count). The Morgan fingerprint density at radius 1 is 1.13 bits per heavy atom. The van der Waals surface area contributed by atoms with Crippen LogP contribution in [-0.2, 0) is 11.8 Å². The molecule has 0 radical (unpaired) electrons. The molecule has 0 bridgehead atoms. The van der Waals surface area contributed by atoms with Crippen molar-refractivity contribution in [2.24, 2.45) is 7.05 Å². The molecule has 2 aromatic heterocycles. The molecule has 0 aliphatic carbocycles. The van der Waals surface area contributed by atoms with E-state index in [1.807, 2.05) is 26.8 Å². The first-order valence-corrected chi connectivity index (χ1v) is 12.0. The van der Waals surface area contributed by atoms with Gasteiger partial charge in [0.05, 0.1) is 22.8 Å². The van der Waals surface area contributed by atoms with Crippen molar-refractivity contribution in [2.45, 2.75) is 39.7 Å². The van der Waals surface area contributed by atoms with Crippen molar-refractivity contribution >= 4 is 28.3 Å². The molecule has 1 amide bonds. The van der Waals surface area contributed by atoms with E-state index < -0.39 is 13.0 Å². The van der Waals surface area contributed by atoms with Gasteiger partial charge in [-0.1, -0.05) is 18.2 Å². The smallest absolute Gasteiger partial charge is 0.272 e. The van der Waals surface area contributed by atoms with Crippen LogP contribution in [0.25, 0.3) is 22.3 Å². The van der Waals surface area contributed by atoms with Crippen molar-refractivity contribution in [3.63, 3.8) is 0 Å². The van der Waals surface area contributed by atoms with Crippen molar-refractivity contribution < 1.29 is 23.0 Å². The highest BCUT2D eigenvalue weighted by atomic mass is 19.3. The van der Waals surface area contributed by atoms with Crippen LogP contribution in [0, 0.1) is 6.92 Å². The van der Waals surface area contributed by atoms with Crippen molar-refractivity contribution in [3.05, 3.63) is 54.4 Å². The predicted molar refractivity (Wildman–Crippen MR) is 141 cm³/mol. The van der Waals surface area contributed by atoms with Crippen LogP contribution in [-0.4, -0.2) is 50.8 Å². The summed E-state index contributed by atoms with van der Waals surface area (Å²) >= 11 is 0. The van der Waals surface area contributed by atoms with Crippen LogP contribution in [0.2, 0.25) is 0 Å². The maximum Gasteiger partial charge on any atom is 0.272 e. The Kier molecular flexibility index (Phi) is 7.75. The lowest BCUT2D eigenvalue weighted by Gasteiger charge is -2.20. The second kappa shape index (κ2) is 11.0. The van der Waals surface area contributed by atoms with Gasteiger partial charge >= 0.3 is 0 Å². The Morgan fingerprint density at radius 3 is 2.61 bits per heavy atom. The van der Waals surface area contributed by atoms with Crippen LogP contribution in [0.5, 0.6) is 11.5 Å². The molecule has 0 unspecified atom stereocenters. The van der Waals surface area contributed by atoms with Gasteiger partial charge in [-0.15, -0.1) is 0 Å². The fraction of sp³-hybridized carbons (Fsp3) is 0.333. The number of aromatic nitrogens is 4. The molecule has 0 saturated heterocycles. The largest absolute Gasteiger partial charge is 0.487 e. The average Bonchev–Trinajstić information content (AvgIpc) is 3.25. The van der Waals surface area contributed by atoms with Crippen molar-refractivity contribution in [1.82, 2.24) is 25.1 Å². The Bertz CT molecular complexity index is 1450. The van der Waals surface area contributed by atoms with Gasteiger partial charge in [0.15, 0.2) is 12.4 Å². The topological polar surface area (TPSA) is 103 Å². The Morgan fingerprint density at radius 2 is 1.92 bits per heavy atom. The van der Waals surface area contributed by atoms with E-state index in [-0.39, 0.29) is 23.8 Å². The van der Waals surface area contributed by atoms with Gasteiger partial charge < -0.3 is 20.1 Å². The van der Waals surface area contributed by atoms with E-state index in [9.17, 15) is 13.6 Å². The van der Waals surface area contributed by atoms with E-state index in [4.69, 9.17) is 19.4 Å². The Hall–Kier alpha value is -4.28. The lowest BCUT2D eigenvalue weighted by atomic mass is 10.1. The Balaban J connectivity index is 1.73. The minimum Gasteiger partial charge on any atom is -0.487 e. The quantitative estimate of drug-likeness (QED) is 0.317. The molecular weight excluding hydrogens is 494 g/mol. The van der Waals surface area contributed by atoms with E-state index in [2.05, 4.69) is 15.7 Å². The highest BCUT2D eigenvalue weighted by Crippen LogP contribution is 2.37. The second-order valence-electron chi connectivity index (χ2n) is 9.85. The maximum absolute atomic E-state index is 13.0. The van der Waals surface area contributed by atoms with Crippen molar-refractivity contribution in [2.75, 3.05) is 18.5 Å². The third-order valence-corrected chi connectivity index (χ3v) is 5.31. The molecule has 11 heteroatoms. The molecule has 4 aromatic rings. The lowest BCUT2D eigenvalue weighted by molar-refractivity contribution is -0.124. The number of nitrogens with one attached hydrogen (secondary N) is 2. The molecule has 9 nitrogen and oxygen atoms in total. The minimum absolute atomic E-state index is 0.142. The molecule has 38 heavy (non-hydrogen) atoms. The number of rotatable bonds is 9. The summed E-state index contributed by atoms with van der Waals surface area (Å²) in [6.45, 7) is 6.56. The third kappa shape index (κ3) is 6.72. The van der Waals surface area contributed by atoms with Gasteiger partial charge in [-0.25, -0.2) is 18.7 Å². The van der Waals surface area contributed by atoms with Crippen LogP contribution in [0.1, 0.15) is 26.3 Å². The molecule has 0 spiro atoms. The summed E-state index contributed by atoms with van der Waals surface area (Å²) in [6.07, 6.45) is 0.758. The number of carbonyl (C=O) groups excluding carboxylic acids is 1. The summed E-state index contributed by atoms with van der Waals surface area (Å²) in [5, 5.41) is 10.7. The van der Waals surface area contributed by atoms with Gasteiger partial charge in [0, 0.05) is 24.3 Å². The highest BCUT2D eigenvalue weighted by Gasteiger charge is 2.19. The fourth-order valence-corrected chi connectivity index (χ4v) is 3.80. The van der Waals surface area contributed by atoms with Crippen LogP contribution >= 0.6 is 0 Å². The van der Waals surface area contributed by atoms with Gasteiger partial charge in [0.2, 0.25) is 0 Å². The van der Waals surface area contributed by atoms with Crippen LogP contribution < -0.4 is 20.1 Å². The normalized spacial score (nSPS) is 11.6. The number of aryl methyl sites for hydroxylation is 2. The number of nitrogens with zero attached hydrogens (tertiary/aromatic N) is 4. The molecule has 2 aromatic carbocycles. The zero-order chi connectivity index (χ0) is 27.4. The van der Waals surface area contributed by atoms with Crippen LogP contribution in [0.15, 0.2) is 48.8 Å². The summed E-state index contributed by atoms with van der Waals surface area (Å²) in [7, 11) is 1.78. The SMILES string of the molecule is Cc1ccc2nc(-c3cccc(OCC(=O)NC(C)(C)C)c3)nc(Nc3cnn(C)c3)c2c1OCC(F)F. The van der Waals surface area contributed by atoms with Gasteiger partial charge in [-0.05, 0) is 51.5 Å². The summed E-state index contributed by atoms with van der Waals surface area (Å²) in [5.74, 6) is 1.27. The first-order valence-electron chi connectivity index (χ1n) is 12.0. The van der Waals surface area contributed by atoms with Gasteiger partial charge in [-0.2, -0.15) is 5.10 Å². The summed E-state index contributed by atoms with van der Waals surface area (Å²) in [4.78, 5) is 21.6. The van der Waals surface area contributed by atoms with Gasteiger partial charge in [0.1, 0.15) is 23.9 Å². The van der Waals surface area contributed by atoms with Crippen LogP contribution in [0.4, 0.5) is 20.3 Å². The number of ether oxygens (including phenoxy) is 2. The Labute approximate surface area is 219 Å². The number of benzene rings is 2. The number of alkyl halides is 2. The predicted octanol–water partition coefficient (Wildman–Crippen LogP) is 5.02. The van der Waals surface area contributed by atoms with Crippen molar-refractivity contribution in [3.8, 4) is 22.9 Å². The van der Waals surface area contributed by atoms with E-state index in [0.717, 1.165) is 0 Å². The van der Waals surface area contributed by atoms with Gasteiger partial charge in [-0.3, -0.25) is 9.48 Å². The van der Waals surface area contributed by atoms with E-state index in [0.29, 0.717) is 45.1 Å². The monoisotopic (exact) mass is 524 g/mol. The number of anilines is 2. The van der Waals surface area contributed by atoms with E-state index >= 15 is 0 Å². The number of hydrogen-bond acceptors (Lipinski definition) is 7. The molecular formula is C27H30F2N6O3. The standard InChI is InChI=1S/C27H30F2N6O3/c1-16-9-10-20-23(24(16)38-14-21(28)29)26(31-18-12-30-35(5)13-18)33-25(32-20)17-7-6-8-19(11-17)37-15-22(36)34-27(2,3)4/h6-13,21H,14-15H2,1-5H3,(H,34,36)(H,31,32,33). The highest BCUT2D eigenvalue weighted by molar-refractivity contribution is 5.98. The number of amides is 1. The molecule has 0 atom stereocenters. The molecule has 200 valence electrons. The van der Waals surface area contributed by atoms with Gasteiger partial charge in [0.25, 0.3) is 12.3 Å². The summed E-state index contributed by atoms with van der Waals surface area (Å²) < 4.78 is 38.8. The number of carbonyl (C=O) groups is 1. The minimum atomic E-state index is -2.63. The zero-order valence-corrected chi connectivity index (χ0v) is 21.9. The molecule has 0 aliphatic heterocycles.